The summed E-state index contributed by atoms with van der Waals surface area (Å²) in [6.07, 6.45) is 2.10. The summed E-state index contributed by atoms with van der Waals surface area (Å²) in [5, 5.41) is 15.1. The molecule has 0 bridgehead atoms. The third-order valence-electron chi connectivity index (χ3n) is 7.83. The average molecular weight is 662 g/mol. The molecule has 0 amide bonds. The van der Waals surface area contributed by atoms with Gasteiger partial charge in [-0.3, -0.25) is 4.99 Å². The number of hydrogen-bond donors (Lipinski definition) is 0. The van der Waals surface area contributed by atoms with Gasteiger partial charge in [-0.05, 0) is 73.3 Å². The summed E-state index contributed by atoms with van der Waals surface area (Å²) in [5.41, 5.74) is 4.53. The van der Waals surface area contributed by atoms with Gasteiger partial charge in [-0.1, -0.05) is 166 Å². The fourth-order valence-electron chi connectivity index (χ4n) is 6.36. The maximum absolute atomic E-state index is 4.97. The summed E-state index contributed by atoms with van der Waals surface area (Å²) in [5.74, 6) is 0. The molecular formula is C41H47MgN3Si2. The van der Waals surface area contributed by atoms with E-state index in [-0.39, 0.29) is 23.1 Å². The molecule has 236 valence electrons. The summed E-state index contributed by atoms with van der Waals surface area (Å²) in [4.78, 5) is 4.97. The second-order valence-corrected chi connectivity index (χ2v) is 23.7. The van der Waals surface area contributed by atoms with E-state index in [0.717, 1.165) is 11.4 Å². The van der Waals surface area contributed by atoms with E-state index >= 15 is 0 Å². The summed E-state index contributed by atoms with van der Waals surface area (Å²) in [6.45, 7) is 19.2. The Morgan fingerprint density at radius 3 is 1.30 bits per heavy atom. The molecule has 6 heteroatoms. The van der Waals surface area contributed by atoms with Gasteiger partial charge in [-0.2, -0.15) is 5.70 Å². The minimum absolute atomic E-state index is 0. The van der Waals surface area contributed by atoms with Gasteiger partial charge in [-0.25, -0.2) is 0 Å². The number of fused-ring (bicyclic) bond motifs is 4. The smallest absolute Gasteiger partial charge is 0.684 e. The second-order valence-electron chi connectivity index (χ2n) is 14.1. The standard InChI is InChI=1S/C35H29N2.C6H18NSi2.Mg/c1-24(36-22-34-30-15-7-3-11-26(30)20-27-12-4-8-16-31(27)34)19-25(2)37-23-35-32-17-9-5-13-28(32)21-29-14-6-10-18-33(29)35;1-8(2,3)7-9(4,5)6;/h3-21H,22-23H2,1-2H3;1-6H3;/q2*-1;+2/b24-19-,37-25?;;. The molecule has 47 heavy (non-hydrogen) atoms. The van der Waals surface area contributed by atoms with Crippen LogP contribution >= 0.6 is 0 Å². The van der Waals surface area contributed by atoms with Crippen LogP contribution < -0.4 is 0 Å². The number of hydrogen-bond acceptors (Lipinski definition) is 1. The van der Waals surface area contributed by atoms with Crippen LogP contribution in [0.4, 0.5) is 0 Å². The first-order chi connectivity index (χ1) is 21.9. The molecule has 0 unspecified atom stereocenters. The molecule has 6 aromatic rings. The number of allylic oxidation sites excluding steroid dienone is 2. The van der Waals surface area contributed by atoms with E-state index in [2.05, 4.69) is 168 Å². The normalized spacial score (nSPS) is 12.6. The van der Waals surface area contributed by atoms with E-state index in [1.54, 1.807) is 0 Å². The van der Waals surface area contributed by atoms with Crippen LogP contribution in [0.5, 0.6) is 0 Å². The van der Waals surface area contributed by atoms with Crippen LogP contribution in [0.1, 0.15) is 25.0 Å². The summed E-state index contributed by atoms with van der Waals surface area (Å²) in [7, 11) is -2.21. The maximum atomic E-state index is 4.97. The predicted molar refractivity (Wildman–Crippen MR) is 216 cm³/mol. The largest absolute Gasteiger partial charge is 2.00 e. The van der Waals surface area contributed by atoms with Crippen molar-refractivity contribution in [3.63, 3.8) is 0 Å². The molecule has 0 radical (unpaired) electrons. The van der Waals surface area contributed by atoms with E-state index in [9.17, 15) is 0 Å². The molecule has 0 atom stereocenters. The molecular weight excluding hydrogens is 615 g/mol. The van der Waals surface area contributed by atoms with E-state index in [1.165, 1.54) is 54.2 Å². The molecule has 0 spiro atoms. The number of rotatable bonds is 8. The molecule has 0 aliphatic carbocycles. The van der Waals surface area contributed by atoms with Crippen LogP contribution in [0.25, 0.3) is 53.1 Å². The Kier molecular flexibility index (Phi) is 12.3. The zero-order chi connectivity index (χ0) is 32.9. The molecule has 0 N–H and O–H groups in total. The fourth-order valence-corrected chi connectivity index (χ4v) is 14.4. The third kappa shape index (κ3) is 9.87. The van der Waals surface area contributed by atoms with Gasteiger partial charge in [0, 0.05) is 5.71 Å². The van der Waals surface area contributed by atoms with Gasteiger partial charge in [0.25, 0.3) is 0 Å². The first-order valence-corrected chi connectivity index (χ1v) is 23.2. The summed E-state index contributed by atoms with van der Waals surface area (Å²) in [6, 6.07) is 38.9. The van der Waals surface area contributed by atoms with Crippen LogP contribution in [0.2, 0.25) is 39.3 Å². The van der Waals surface area contributed by atoms with Crippen LogP contribution in [-0.2, 0) is 13.1 Å². The Morgan fingerprint density at radius 2 is 0.936 bits per heavy atom. The second kappa shape index (κ2) is 15.8. The minimum atomic E-state index is -1.11. The summed E-state index contributed by atoms with van der Waals surface area (Å²) < 4.78 is 4.82. The molecule has 0 saturated carbocycles. The van der Waals surface area contributed by atoms with Crippen molar-refractivity contribution >= 4 is 88.3 Å². The topological polar surface area (TPSA) is 40.6 Å². The Bertz CT molecular complexity index is 1930. The van der Waals surface area contributed by atoms with Crippen molar-refractivity contribution in [1.29, 1.82) is 0 Å². The molecule has 0 heterocycles. The van der Waals surface area contributed by atoms with E-state index in [4.69, 9.17) is 15.0 Å². The maximum Gasteiger partial charge on any atom is 2.00 e. The van der Waals surface area contributed by atoms with Gasteiger partial charge in [0.05, 0.1) is 6.54 Å². The molecule has 0 aliphatic rings. The molecule has 0 aliphatic heterocycles. The fraction of sp³-hybridized carbons (Fsp3) is 0.244. The average Bonchev–Trinajstić information content (AvgIpc) is 2.99. The Hall–Kier alpha value is -3.27. The SMILES string of the molecule is CC(/C=C(/C)[N-]Cc1c2ccccc2cc2ccccc12)=NCc1c2ccccc2cc2ccccc12.C[Si](C)(C)[N-][Si](C)(C)C.[Mg+2]. The van der Waals surface area contributed by atoms with Crippen molar-refractivity contribution in [3.8, 4) is 0 Å². The van der Waals surface area contributed by atoms with Gasteiger partial charge in [0.2, 0.25) is 0 Å². The van der Waals surface area contributed by atoms with Crippen LogP contribution in [0.15, 0.2) is 126 Å². The first-order valence-electron chi connectivity index (χ1n) is 16.3. The van der Waals surface area contributed by atoms with Crippen LogP contribution in [-0.4, -0.2) is 45.2 Å². The van der Waals surface area contributed by atoms with Crippen molar-refractivity contribution < 1.29 is 0 Å². The molecule has 0 aromatic heterocycles. The van der Waals surface area contributed by atoms with Gasteiger partial charge >= 0.3 is 23.1 Å². The number of benzene rings is 6. The number of aliphatic imine (C=N–C) groups is 1. The quantitative estimate of drug-likeness (QED) is 0.0884. The van der Waals surface area contributed by atoms with Crippen molar-refractivity contribution in [2.75, 3.05) is 0 Å². The zero-order valence-corrected chi connectivity index (χ0v) is 32.8. The van der Waals surface area contributed by atoms with Crippen LogP contribution in [0, 0.1) is 0 Å². The Labute approximate surface area is 299 Å². The van der Waals surface area contributed by atoms with Gasteiger partial charge in [-0.15, -0.1) is 6.54 Å². The monoisotopic (exact) mass is 661 g/mol. The van der Waals surface area contributed by atoms with E-state index in [1.807, 2.05) is 0 Å². The Morgan fingerprint density at radius 1 is 0.574 bits per heavy atom. The van der Waals surface area contributed by atoms with Gasteiger partial charge < -0.3 is 9.96 Å². The third-order valence-corrected chi connectivity index (χ3v) is 13.2. The first kappa shape index (κ1) is 36.6. The molecule has 0 saturated heterocycles. The van der Waals surface area contributed by atoms with E-state index in [0.29, 0.717) is 13.1 Å². The summed E-state index contributed by atoms with van der Waals surface area (Å²) >= 11 is 0. The van der Waals surface area contributed by atoms with Gasteiger partial charge in [0.15, 0.2) is 0 Å². The van der Waals surface area contributed by atoms with Crippen molar-refractivity contribution in [2.24, 2.45) is 4.99 Å². The van der Waals surface area contributed by atoms with Gasteiger partial charge in [0.1, 0.15) is 0 Å². The predicted octanol–water partition coefficient (Wildman–Crippen LogP) is 12.4. The minimum Gasteiger partial charge on any atom is -0.684 e. The van der Waals surface area contributed by atoms with Crippen LogP contribution in [0.3, 0.4) is 0 Å². The van der Waals surface area contributed by atoms with Crippen molar-refractivity contribution in [3.05, 3.63) is 142 Å². The van der Waals surface area contributed by atoms with E-state index < -0.39 is 16.5 Å². The van der Waals surface area contributed by atoms with Crippen molar-refractivity contribution in [2.45, 2.75) is 66.2 Å². The zero-order valence-electron chi connectivity index (χ0n) is 29.4. The molecule has 0 fully saturated rings. The Balaban J connectivity index is 0.000000441. The van der Waals surface area contributed by atoms with Crippen molar-refractivity contribution in [1.82, 2.24) is 0 Å². The molecule has 6 rings (SSSR count). The number of nitrogens with zero attached hydrogens (tertiary/aromatic N) is 3. The molecule has 6 aromatic carbocycles. The molecule has 3 nitrogen and oxygen atoms in total.